The second-order valence-corrected chi connectivity index (χ2v) is 9.28. The van der Waals surface area contributed by atoms with Gasteiger partial charge in [0.1, 0.15) is 0 Å². The van der Waals surface area contributed by atoms with Gasteiger partial charge in [-0.05, 0) is 61.4 Å². The average molecular weight is 436 g/mol. The fourth-order valence-electron chi connectivity index (χ4n) is 3.21. The molecule has 1 saturated heterocycles. The maximum atomic E-state index is 12.9. The van der Waals surface area contributed by atoms with E-state index in [1.54, 1.807) is 24.3 Å². The minimum Gasteiger partial charge on any atom is -0.326 e. The number of carbonyl (C=O) groups is 2. The molecule has 3 rings (SSSR count). The first kappa shape index (κ1) is 21.3. The molecule has 1 aliphatic rings. The van der Waals surface area contributed by atoms with Gasteiger partial charge in [-0.2, -0.15) is 4.31 Å². The smallest absolute Gasteiger partial charge is 0.243 e. The number of benzene rings is 2. The Morgan fingerprint density at radius 1 is 1.00 bits per heavy atom. The summed E-state index contributed by atoms with van der Waals surface area (Å²) in [5.74, 6) is -0.847. The van der Waals surface area contributed by atoms with Crippen molar-refractivity contribution in [3.8, 4) is 0 Å². The molecule has 154 valence electrons. The average Bonchev–Trinajstić information content (AvgIpc) is 2.69. The first-order valence-electron chi connectivity index (χ1n) is 9.20. The highest BCUT2D eigenvalue weighted by atomic mass is 35.5. The van der Waals surface area contributed by atoms with Gasteiger partial charge in [-0.1, -0.05) is 11.6 Å². The van der Waals surface area contributed by atoms with Crippen LogP contribution in [0.5, 0.6) is 0 Å². The third-order valence-corrected chi connectivity index (χ3v) is 6.81. The largest absolute Gasteiger partial charge is 0.326 e. The third-order valence-electron chi connectivity index (χ3n) is 4.68. The Balaban J connectivity index is 1.66. The molecule has 0 aromatic heterocycles. The molecule has 2 amide bonds. The zero-order valence-corrected chi connectivity index (χ0v) is 17.5. The van der Waals surface area contributed by atoms with Crippen LogP contribution in [0.15, 0.2) is 53.4 Å². The topological polar surface area (TPSA) is 95.6 Å². The van der Waals surface area contributed by atoms with Gasteiger partial charge in [0, 0.05) is 36.4 Å². The lowest BCUT2D eigenvalue weighted by Crippen LogP contribution is -2.43. The quantitative estimate of drug-likeness (QED) is 0.752. The minimum atomic E-state index is -3.68. The zero-order valence-electron chi connectivity index (χ0n) is 15.9. The van der Waals surface area contributed by atoms with Crippen molar-refractivity contribution in [2.45, 2.75) is 24.7 Å². The number of rotatable bonds is 5. The number of hydrogen-bond donors (Lipinski definition) is 2. The Hall–Kier alpha value is -2.42. The van der Waals surface area contributed by atoms with Crippen LogP contribution in [0.25, 0.3) is 0 Å². The van der Waals surface area contributed by atoms with Crippen LogP contribution in [0.4, 0.5) is 11.4 Å². The predicted octanol–water partition coefficient (Wildman–Crippen LogP) is 3.34. The molecule has 9 heteroatoms. The Bertz CT molecular complexity index is 991. The van der Waals surface area contributed by atoms with Crippen molar-refractivity contribution < 1.29 is 18.0 Å². The third kappa shape index (κ3) is 5.35. The highest BCUT2D eigenvalue weighted by Gasteiger charge is 2.33. The van der Waals surface area contributed by atoms with E-state index in [-0.39, 0.29) is 23.3 Å². The van der Waals surface area contributed by atoms with Gasteiger partial charge < -0.3 is 10.6 Å². The highest BCUT2D eigenvalue weighted by molar-refractivity contribution is 7.89. The van der Waals surface area contributed by atoms with Crippen LogP contribution in [-0.2, 0) is 19.6 Å². The summed E-state index contributed by atoms with van der Waals surface area (Å²) in [5.41, 5.74) is 1.22. The van der Waals surface area contributed by atoms with Gasteiger partial charge in [0.15, 0.2) is 0 Å². The Morgan fingerprint density at radius 2 is 1.59 bits per heavy atom. The van der Waals surface area contributed by atoms with Crippen LogP contribution in [0.3, 0.4) is 0 Å². The predicted molar refractivity (Wildman–Crippen MR) is 112 cm³/mol. The van der Waals surface area contributed by atoms with Gasteiger partial charge in [0.25, 0.3) is 0 Å². The second kappa shape index (κ2) is 8.94. The summed E-state index contributed by atoms with van der Waals surface area (Å²) in [6, 6.07) is 12.8. The van der Waals surface area contributed by atoms with Gasteiger partial charge in [-0.3, -0.25) is 9.59 Å². The molecule has 2 aromatic rings. The summed E-state index contributed by atoms with van der Waals surface area (Å²) in [6.45, 7) is 1.92. The van der Waals surface area contributed by atoms with E-state index in [0.29, 0.717) is 35.8 Å². The van der Waals surface area contributed by atoms with Gasteiger partial charge in [-0.25, -0.2) is 8.42 Å². The first-order valence-corrected chi connectivity index (χ1v) is 11.0. The molecule has 29 heavy (non-hydrogen) atoms. The van der Waals surface area contributed by atoms with Crippen molar-refractivity contribution >= 4 is 44.8 Å². The number of carbonyl (C=O) groups excluding carboxylic acids is 2. The molecule has 0 radical (unpaired) electrons. The standard InChI is InChI=1S/C20H22ClN3O4S/c1-14(25)22-17-6-8-18(9-7-17)23-20(26)15-3-2-12-24(13-15)29(27,28)19-10-4-16(21)5-11-19/h4-11,15H,2-3,12-13H2,1H3,(H,22,25)(H,23,26)/t15-/m0/s1. The fraction of sp³-hybridized carbons (Fsp3) is 0.300. The van der Waals surface area contributed by atoms with Crippen LogP contribution in [0.1, 0.15) is 19.8 Å². The molecule has 1 fully saturated rings. The minimum absolute atomic E-state index is 0.126. The van der Waals surface area contributed by atoms with Crippen LogP contribution < -0.4 is 10.6 Å². The lowest BCUT2D eigenvalue weighted by molar-refractivity contribution is -0.121. The first-order chi connectivity index (χ1) is 13.8. The molecule has 0 bridgehead atoms. The molecule has 2 N–H and O–H groups in total. The lowest BCUT2D eigenvalue weighted by Gasteiger charge is -2.31. The van der Waals surface area contributed by atoms with E-state index in [0.717, 1.165) is 0 Å². The Kier molecular flexibility index (Phi) is 6.56. The number of halogens is 1. The maximum absolute atomic E-state index is 12.9. The van der Waals surface area contributed by atoms with Crippen molar-refractivity contribution in [1.82, 2.24) is 4.31 Å². The van der Waals surface area contributed by atoms with Crippen molar-refractivity contribution in [1.29, 1.82) is 0 Å². The van der Waals surface area contributed by atoms with Crippen molar-refractivity contribution in [3.63, 3.8) is 0 Å². The molecule has 0 aliphatic carbocycles. The summed E-state index contributed by atoms with van der Waals surface area (Å²) in [4.78, 5) is 23.9. The molecular weight excluding hydrogens is 414 g/mol. The van der Waals surface area contributed by atoms with Crippen LogP contribution in [0, 0.1) is 5.92 Å². The van der Waals surface area contributed by atoms with E-state index in [9.17, 15) is 18.0 Å². The number of nitrogens with zero attached hydrogens (tertiary/aromatic N) is 1. The van der Waals surface area contributed by atoms with Crippen molar-refractivity contribution in [3.05, 3.63) is 53.6 Å². The number of nitrogens with one attached hydrogen (secondary N) is 2. The lowest BCUT2D eigenvalue weighted by atomic mass is 9.98. The van der Waals surface area contributed by atoms with E-state index in [1.165, 1.54) is 35.5 Å². The molecule has 0 spiro atoms. The van der Waals surface area contributed by atoms with Gasteiger partial charge >= 0.3 is 0 Å². The van der Waals surface area contributed by atoms with E-state index in [1.807, 2.05) is 0 Å². The number of piperidine rings is 1. The van der Waals surface area contributed by atoms with E-state index in [4.69, 9.17) is 11.6 Å². The molecule has 0 saturated carbocycles. The van der Waals surface area contributed by atoms with Gasteiger partial charge in [-0.15, -0.1) is 0 Å². The van der Waals surface area contributed by atoms with E-state index >= 15 is 0 Å². The maximum Gasteiger partial charge on any atom is 0.243 e. The Labute approximate surface area is 175 Å². The van der Waals surface area contributed by atoms with Crippen LogP contribution in [-0.4, -0.2) is 37.6 Å². The number of amides is 2. The fourth-order valence-corrected chi connectivity index (χ4v) is 4.86. The molecule has 7 nitrogen and oxygen atoms in total. The summed E-state index contributed by atoms with van der Waals surface area (Å²) in [5, 5.41) is 5.94. The van der Waals surface area contributed by atoms with E-state index < -0.39 is 15.9 Å². The Morgan fingerprint density at radius 3 is 2.17 bits per heavy atom. The number of hydrogen-bond acceptors (Lipinski definition) is 4. The number of anilines is 2. The van der Waals surface area contributed by atoms with Crippen LogP contribution >= 0.6 is 11.6 Å². The highest BCUT2D eigenvalue weighted by Crippen LogP contribution is 2.26. The van der Waals surface area contributed by atoms with Crippen molar-refractivity contribution in [2.75, 3.05) is 23.7 Å². The molecule has 1 atom stereocenters. The van der Waals surface area contributed by atoms with Crippen molar-refractivity contribution in [2.24, 2.45) is 5.92 Å². The molecule has 2 aromatic carbocycles. The normalized spacial score (nSPS) is 17.5. The monoisotopic (exact) mass is 435 g/mol. The zero-order chi connectivity index (χ0) is 21.0. The molecular formula is C20H22ClN3O4S. The summed E-state index contributed by atoms with van der Waals surface area (Å²) < 4.78 is 27.1. The van der Waals surface area contributed by atoms with Gasteiger partial charge in [0.05, 0.1) is 10.8 Å². The second-order valence-electron chi connectivity index (χ2n) is 6.90. The SMILES string of the molecule is CC(=O)Nc1ccc(NC(=O)[C@H]2CCCN(S(=O)(=O)c3ccc(Cl)cc3)C2)cc1. The molecule has 1 aliphatic heterocycles. The summed E-state index contributed by atoms with van der Waals surface area (Å²) in [6.07, 6.45) is 1.22. The van der Waals surface area contributed by atoms with E-state index in [2.05, 4.69) is 10.6 Å². The van der Waals surface area contributed by atoms with Crippen LogP contribution in [0.2, 0.25) is 5.02 Å². The molecule has 1 heterocycles. The van der Waals surface area contributed by atoms with Gasteiger partial charge in [0.2, 0.25) is 21.8 Å². The number of sulfonamides is 1. The molecule has 0 unspecified atom stereocenters. The summed E-state index contributed by atoms with van der Waals surface area (Å²) >= 11 is 5.84. The summed E-state index contributed by atoms with van der Waals surface area (Å²) in [7, 11) is -3.68.